The number of aryl methyl sites for hydroxylation is 2. The maximum absolute atomic E-state index is 14.2. The minimum Gasteiger partial charge on any atom is -0.493 e. The highest BCUT2D eigenvalue weighted by atomic mass is 32.1. The molecule has 11 heteroatoms. The van der Waals surface area contributed by atoms with Gasteiger partial charge in [0.25, 0.3) is 5.56 Å². The van der Waals surface area contributed by atoms with E-state index in [1.54, 1.807) is 56.1 Å². The number of nitriles is 1. The van der Waals surface area contributed by atoms with Crippen molar-refractivity contribution < 1.29 is 19.0 Å². The molecule has 0 spiro atoms. The van der Waals surface area contributed by atoms with Crippen molar-refractivity contribution in [2.45, 2.75) is 59.4 Å². The lowest BCUT2D eigenvalue weighted by atomic mass is 9.95. The Morgan fingerprint density at radius 3 is 2.58 bits per heavy atom. The Labute approximate surface area is 268 Å². The van der Waals surface area contributed by atoms with Gasteiger partial charge in [0, 0.05) is 16.3 Å². The van der Waals surface area contributed by atoms with Crippen LogP contribution in [0.15, 0.2) is 45.3 Å². The van der Waals surface area contributed by atoms with Crippen molar-refractivity contribution in [1.29, 1.82) is 5.26 Å². The number of hydrogen-bond acceptors (Lipinski definition) is 9. The normalized spacial score (nSPS) is 16.1. The molecule has 232 valence electrons. The number of methoxy groups -OCH3 is 2. The number of benzene rings is 1. The van der Waals surface area contributed by atoms with Crippen molar-refractivity contribution in [2.75, 3.05) is 20.8 Å². The summed E-state index contributed by atoms with van der Waals surface area (Å²) in [6, 6.07) is 9.11. The number of esters is 1. The highest BCUT2D eigenvalue weighted by Crippen LogP contribution is 2.39. The number of ether oxygens (including phenoxy) is 3. The molecule has 0 amide bonds. The zero-order valence-electron chi connectivity index (χ0n) is 26.1. The number of hydrogen-bond donors (Lipinski definition) is 0. The van der Waals surface area contributed by atoms with E-state index in [0.29, 0.717) is 37.7 Å². The maximum Gasteiger partial charge on any atom is 0.338 e. The quantitative estimate of drug-likeness (QED) is 0.262. The van der Waals surface area contributed by atoms with Crippen LogP contribution < -0.4 is 24.4 Å². The fraction of sp³-hybridized carbons (Fsp3) is 0.353. The fourth-order valence-corrected chi connectivity index (χ4v) is 8.83. The van der Waals surface area contributed by atoms with Crippen LogP contribution in [0.3, 0.4) is 0 Å². The zero-order chi connectivity index (χ0) is 32.0. The summed E-state index contributed by atoms with van der Waals surface area (Å²) in [5.41, 5.74) is 5.98. The molecule has 1 aliphatic carbocycles. The maximum atomic E-state index is 14.2. The molecular weight excluding hydrogens is 609 g/mol. The van der Waals surface area contributed by atoms with Crippen molar-refractivity contribution in [2.24, 2.45) is 4.99 Å². The third-order valence-corrected chi connectivity index (χ3v) is 10.7. The highest BCUT2D eigenvalue weighted by molar-refractivity contribution is 7.15. The van der Waals surface area contributed by atoms with Crippen molar-refractivity contribution in [3.05, 3.63) is 93.7 Å². The molecule has 0 N–H and O–H groups in total. The van der Waals surface area contributed by atoms with Gasteiger partial charge in [-0.3, -0.25) is 9.36 Å². The van der Waals surface area contributed by atoms with E-state index >= 15 is 0 Å². The van der Waals surface area contributed by atoms with E-state index in [4.69, 9.17) is 19.2 Å². The summed E-state index contributed by atoms with van der Waals surface area (Å²) < 4.78 is 20.6. The molecule has 0 radical (unpaired) electrons. The average Bonchev–Trinajstić information content (AvgIpc) is 3.65. The summed E-state index contributed by atoms with van der Waals surface area (Å²) in [4.78, 5) is 34.0. The van der Waals surface area contributed by atoms with Gasteiger partial charge in [0.1, 0.15) is 11.1 Å². The molecule has 6 rings (SSSR count). The molecule has 0 unspecified atom stereocenters. The molecule has 0 bridgehead atoms. The number of carbonyl (C=O) groups excluding carboxylic acids is 1. The Bertz CT molecular complexity index is 2100. The van der Waals surface area contributed by atoms with Gasteiger partial charge in [-0.05, 0) is 94.3 Å². The molecule has 0 saturated carbocycles. The molecule has 1 aromatic carbocycles. The van der Waals surface area contributed by atoms with Crippen LogP contribution in [0.5, 0.6) is 11.5 Å². The molecule has 0 fully saturated rings. The number of thiophene rings is 1. The van der Waals surface area contributed by atoms with Gasteiger partial charge in [0.05, 0.1) is 48.2 Å². The van der Waals surface area contributed by atoms with Crippen LogP contribution in [0.25, 0.3) is 11.1 Å². The molecule has 4 heterocycles. The van der Waals surface area contributed by atoms with Crippen LogP contribution in [-0.2, 0) is 22.4 Å². The van der Waals surface area contributed by atoms with Crippen molar-refractivity contribution in [3.8, 4) is 22.6 Å². The van der Waals surface area contributed by atoms with Crippen molar-refractivity contribution in [1.82, 2.24) is 9.13 Å². The molecule has 45 heavy (non-hydrogen) atoms. The van der Waals surface area contributed by atoms with Crippen molar-refractivity contribution >= 4 is 34.7 Å². The van der Waals surface area contributed by atoms with Gasteiger partial charge in [-0.1, -0.05) is 17.4 Å². The number of nitrogens with zero attached hydrogens (tertiary/aromatic N) is 4. The first-order chi connectivity index (χ1) is 21.7. The standard InChI is InChI=1S/C34H34N4O5S2/c1-7-43-33(40)29-19(3)36-34-38(30(29)21-12-13-25(41-5)26(15-21)42-6)31(39)28(45-34)16-22-14-18(2)37(20(22)4)32-24(17-35)23-10-8-9-11-27(23)44-32/h12-16,30H,7-11H2,1-6H3/b28-16+/t30-/m1/s1. The first kappa shape index (κ1) is 30.6. The van der Waals surface area contributed by atoms with Crippen LogP contribution in [-0.4, -0.2) is 35.9 Å². The smallest absolute Gasteiger partial charge is 0.338 e. The minimum atomic E-state index is -0.773. The van der Waals surface area contributed by atoms with E-state index in [1.807, 2.05) is 26.0 Å². The lowest BCUT2D eigenvalue weighted by Crippen LogP contribution is -2.40. The number of allylic oxidation sites excluding steroid dienone is 1. The molecule has 4 aromatic rings. The largest absolute Gasteiger partial charge is 0.493 e. The van der Waals surface area contributed by atoms with Crippen molar-refractivity contribution in [3.63, 3.8) is 0 Å². The minimum absolute atomic E-state index is 0.190. The third-order valence-electron chi connectivity index (χ3n) is 8.46. The molecule has 1 aliphatic heterocycles. The van der Waals surface area contributed by atoms with E-state index in [2.05, 4.69) is 16.7 Å². The van der Waals surface area contributed by atoms with Gasteiger partial charge >= 0.3 is 5.97 Å². The number of thiazole rings is 1. The molecule has 2 aliphatic rings. The lowest BCUT2D eigenvalue weighted by Gasteiger charge is -2.25. The van der Waals surface area contributed by atoms with Crippen LogP contribution in [0.2, 0.25) is 0 Å². The molecule has 3 aromatic heterocycles. The van der Waals surface area contributed by atoms with E-state index in [-0.39, 0.29) is 12.2 Å². The van der Waals surface area contributed by atoms with Gasteiger partial charge < -0.3 is 18.8 Å². The molecular formula is C34H34N4O5S2. The number of carbonyl (C=O) groups is 1. The summed E-state index contributed by atoms with van der Waals surface area (Å²) in [5.74, 6) is 0.492. The number of fused-ring (bicyclic) bond motifs is 2. The summed E-state index contributed by atoms with van der Waals surface area (Å²) >= 11 is 2.98. The molecule has 1 atom stereocenters. The third kappa shape index (κ3) is 5.12. The van der Waals surface area contributed by atoms with Crippen LogP contribution in [0.4, 0.5) is 0 Å². The Hall–Kier alpha value is -4.40. The monoisotopic (exact) mass is 642 g/mol. The molecule has 0 saturated heterocycles. The Morgan fingerprint density at radius 2 is 1.87 bits per heavy atom. The predicted octanol–water partition coefficient (Wildman–Crippen LogP) is 5.04. The van der Waals surface area contributed by atoms with Crippen LogP contribution in [0, 0.1) is 25.2 Å². The average molecular weight is 643 g/mol. The van der Waals surface area contributed by atoms with Crippen LogP contribution in [0.1, 0.15) is 71.2 Å². The van der Waals surface area contributed by atoms with Gasteiger partial charge in [-0.15, -0.1) is 11.3 Å². The first-order valence-electron chi connectivity index (χ1n) is 14.9. The van der Waals surface area contributed by atoms with Gasteiger partial charge in [0.15, 0.2) is 16.3 Å². The summed E-state index contributed by atoms with van der Waals surface area (Å²) in [5, 5.41) is 11.1. The summed E-state index contributed by atoms with van der Waals surface area (Å²) in [6.07, 6.45) is 6.09. The zero-order valence-corrected chi connectivity index (χ0v) is 27.8. The fourth-order valence-electron chi connectivity index (χ4n) is 6.34. The van der Waals surface area contributed by atoms with E-state index in [0.717, 1.165) is 53.2 Å². The van der Waals surface area contributed by atoms with Gasteiger partial charge in [-0.2, -0.15) is 5.26 Å². The van der Waals surface area contributed by atoms with E-state index < -0.39 is 12.0 Å². The second-order valence-electron chi connectivity index (χ2n) is 11.1. The lowest BCUT2D eigenvalue weighted by molar-refractivity contribution is -0.139. The Morgan fingerprint density at radius 1 is 1.11 bits per heavy atom. The second-order valence-corrected chi connectivity index (χ2v) is 13.2. The Kier molecular flexibility index (Phi) is 8.29. The number of aromatic nitrogens is 2. The van der Waals surface area contributed by atoms with E-state index in [9.17, 15) is 14.9 Å². The summed E-state index contributed by atoms with van der Waals surface area (Å²) in [7, 11) is 3.10. The molecule has 9 nitrogen and oxygen atoms in total. The van der Waals surface area contributed by atoms with Gasteiger partial charge in [-0.25, -0.2) is 9.79 Å². The second kappa shape index (κ2) is 12.2. The SMILES string of the molecule is CCOC(=O)C1=C(C)N=c2s/c(=C/c3cc(C)n(-c4sc5c(c4C#N)CCCC5)c3C)c(=O)n2[C@@H]1c1ccc(OC)c(OC)c1. The topological polar surface area (TPSA) is 108 Å². The first-order valence-corrected chi connectivity index (χ1v) is 16.5. The highest BCUT2D eigenvalue weighted by Gasteiger charge is 2.34. The summed E-state index contributed by atoms with van der Waals surface area (Å²) in [6.45, 7) is 7.74. The Balaban J connectivity index is 1.52. The van der Waals surface area contributed by atoms with Gasteiger partial charge in [0.2, 0.25) is 0 Å². The van der Waals surface area contributed by atoms with Crippen LogP contribution >= 0.6 is 22.7 Å². The van der Waals surface area contributed by atoms with E-state index in [1.165, 1.54) is 21.8 Å². The predicted molar refractivity (Wildman–Crippen MR) is 174 cm³/mol. The number of rotatable bonds is 7.